The van der Waals surface area contributed by atoms with E-state index in [-0.39, 0.29) is 0 Å². The van der Waals surface area contributed by atoms with Crippen molar-refractivity contribution in [2.45, 2.75) is 40.3 Å². The van der Waals surface area contributed by atoms with Crippen LogP contribution in [-0.2, 0) is 22.6 Å². The summed E-state index contributed by atoms with van der Waals surface area (Å²) in [4.78, 5) is 0. The van der Waals surface area contributed by atoms with Crippen LogP contribution >= 0.6 is 0 Å². The molecule has 0 atom stereocenters. The summed E-state index contributed by atoms with van der Waals surface area (Å²) in [5.74, 6) is 1.86. The number of rotatable bonds is 10. The van der Waals surface area contributed by atoms with E-state index in [1.54, 1.807) is 0 Å². The highest BCUT2D eigenvalue weighted by molar-refractivity contribution is 5.20. The molecule has 0 spiro atoms. The monoisotopic (exact) mass is 255 g/mol. The second kappa shape index (κ2) is 9.14. The minimum absolute atomic E-state index is 0.516. The Morgan fingerprint density at radius 3 is 2.72 bits per heavy atom. The Morgan fingerprint density at radius 2 is 2.00 bits per heavy atom. The van der Waals surface area contributed by atoms with Gasteiger partial charge in [-0.2, -0.15) is 0 Å². The van der Waals surface area contributed by atoms with E-state index in [1.807, 2.05) is 13.8 Å². The van der Waals surface area contributed by atoms with Gasteiger partial charge in [-0.05, 0) is 32.9 Å². The molecule has 0 fully saturated rings. The fraction of sp³-hybridized carbons (Fsp3) is 0.714. The van der Waals surface area contributed by atoms with Crippen molar-refractivity contribution < 1.29 is 13.9 Å². The number of hydrogen-bond acceptors (Lipinski definition) is 4. The number of aryl methyl sites for hydroxylation is 1. The second-order valence-corrected chi connectivity index (χ2v) is 4.22. The fourth-order valence-electron chi connectivity index (χ4n) is 1.67. The molecule has 0 aliphatic carbocycles. The van der Waals surface area contributed by atoms with Gasteiger partial charge in [0.25, 0.3) is 0 Å². The van der Waals surface area contributed by atoms with Gasteiger partial charge in [0.15, 0.2) is 0 Å². The quantitative estimate of drug-likeness (QED) is 0.653. The molecule has 1 rings (SSSR count). The molecule has 0 radical (unpaired) electrons. The van der Waals surface area contributed by atoms with Crippen molar-refractivity contribution in [3.05, 3.63) is 23.2 Å². The highest BCUT2D eigenvalue weighted by Gasteiger charge is 2.06. The molecule has 0 aliphatic heterocycles. The van der Waals surface area contributed by atoms with Gasteiger partial charge in [0.05, 0.1) is 13.2 Å². The summed E-state index contributed by atoms with van der Waals surface area (Å²) in [5, 5.41) is 3.37. The van der Waals surface area contributed by atoms with Crippen LogP contribution in [0.2, 0.25) is 0 Å². The highest BCUT2D eigenvalue weighted by atomic mass is 16.5. The predicted octanol–water partition coefficient (Wildman–Crippen LogP) is 2.64. The molecule has 0 bridgehead atoms. The van der Waals surface area contributed by atoms with Crippen LogP contribution in [0.15, 0.2) is 10.5 Å². The summed E-state index contributed by atoms with van der Waals surface area (Å²) in [5.41, 5.74) is 1.21. The number of ether oxygens (including phenoxy) is 2. The molecule has 4 heteroatoms. The van der Waals surface area contributed by atoms with Gasteiger partial charge >= 0.3 is 0 Å². The molecular weight excluding hydrogens is 230 g/mol. The lowest BCUT2D eigenvalue weighted by molar-refractivity contribution is 0.0388. The lowest BCUT2D eigenvalue weighted by Crippen LogP contribution is -2.13. The standard InChI is InChI=1S/C14H25NO3/c1-4-6-15-10-13-9-14(18-12(13)3)11-17-8-7-16-5-2/h9,15H,4-8,10-11H2,1-3H3. The van der Waals surface area contributed by atoms with Crippen molar-refractivity contribution in [3.63, 3.8) is 0 Å². The smallest absolute Gasteiger partial charge is 0.130 e. The van der Waals surface area contributed by atoms with Crippen LogP contribution < -0.4 is 5.32 Å². The van der Waals surface area contributed by atoms with E-state index in [9.17, 15) is 0 Å². The van der Waals surface area contributed by atoms with Crippen LogP contribution in [0.4, 0.5) is 0 Å². The van der Waals surface area contributed by atoms with E-state index >= 15 is 0 Å². The lowest BCUT2D eigenvalue weighted by atomic mass is 10.2. The van der Waals surface area contributed by atoms with Gasteiger partial charge in [-0.1, -0.05) is 6.92 Å². The molecule has 4 nitrogen and oxygen atoms in total. The predicted molar refractivity (Wildman–Crippen MR) is 71.6 cm³/mol. The van der Waals surface area contributed by atoms with Crippen molar-refractivity contribution in [2.24, 2.45) is 0 Å². The Bertz CT molecular complexity index is 323. The lowest BCUT2D eigenvalue weighted by Gasteiger charge is -2.01. The summed E-state index contributed by atoms with van der Waals surface area (Å²) in [6, 6.07) is 2.07. The molecule has 0 unspecified atom stereocenters. The van der Waals surface area contributed by atoms with Gasteiger partial charge in [0.1, 0.15) is 18.1 Å². The first-order chi connectivity index (χ1) is 8.77. The molecule has 0 saturated carbocycles. The Kier molecular flexibility index (Phi) is 7.73. The van der Waals surface area contributed by atoms with Crippen LogP contribution in [0, 0.1) is 6.92 Å². The first-order valence-corrected chi connectivity index (χ1v) is 6.72. The molecular formula is C14H25NO3. The van der Waals surface area contributed by atoms with Gasteiger partial charge in [-0.3, -0.25) is 0 Å². The molecule has 0 aromatic carbocycles. The largest absolute Gasteiger partial charge is 0.464 e. The molecule has 1 aromatic heterocycles. The molecule has 1 N–H and O–H groups in total. The summed E-state index contributed by atoms with van der Waals surface area (Å²) in [6.07, 6.45) is 1.14. The Morgan fingerprint density at radius 1 is 1.22 bits per heavy atom. The fourth-order valence-corrected chi connectivity index (χ4v) is 1.67. The zero-order chi connectivity index (χ0) is 13.2. The maximum Gasteiger partial charge on any atom is 0.130 e. The Balaban J connectivity index is 2.27. The topological polar surface area (TPSA) is 43.6 Å². The van der Waals surface area contributed by atoms with Crippen molar-refractivity contribution in [3.8, 4) is 0 Å². The van der Waals surface area contributed by atoms with E-state index in [0.717, 1.165) is 37.6 Å². The zero-order valence-electron chi connectivity index (χ0n) is 11.8. The minimum atomic E-state index is 0.516. The van der Waals surface area contributed by atoms with Crippen molar-refractivity contribution >= 4 is 0 Å². The van der Waals surface area contributed by atoms with Crippen LogP contribution in [-0.4, -0.2) is 26.4 Å². The van der Waals surface area contributed by atoms with Crippen LogP contribution in [0.3, 0.4) is 0 Å². The number of furan rings is 1. The second-order valence-electron chi connectivity index (χ2n) is 4.22. The zero-order valence-corrected chi connectivity index (χ0v) is 11.8. The van der Waals surface area contributed by atoms with Crippen LogP contribution in [0.25, 0.3) is 0 Å². The van der Waals surface area contributed by atoms with Gasteiger partial charge < -0.3 is 19.2 Å². The first-order valence-electron chi connectivity index (χ1n) is 6.72. The van der Waals surface area contributed by atoms with Crippen molar-refractivity contribution in [2.75, 3.05) is 26.4 Å². The molecule has 0 saturated heterocycles. The maximum atomic E-state index is 5.65. The minimum Gasteiger partial charge on any atom is -0.464 e. The van der Waals surface area contributed by atoms with E-state index in [2.05, 4.69) is 18.3 Å². The Labute approximate surface area is 110 Å². The molecule has 1 heterocycles. The van der Waals surface area contributed by atoms with Crippen molar-refractivity contribution in [1.82, 2.24) is 5.32 Å². The molecule has 0 amide bonds. The van der Waals surface area contributed by atoms with Gasteiger partial charge in [-0.25, -0.2) is 0 Å². The average molecular weight is 255 g/mol. The van der Waals surface area contributed by atoms with Crippen LogP contribution in [0.5, 0.6) is 0 Å². The summed E-state index contributed by atoms with van der Waals surface area (Å²) in [7, 11) is 0. The Hall–Kier alpha value is -0.840. The summed E-state index contributed by atoms with van der Waals surface area (Å²) < 4.78 is 16.3. The third-order valence-corrected chi connectivity index (χ3v) is 2.63. The number of hydrogen-bond donors (Lipinski definition) is 1. The van der Waals surface area contributed by atoms with Gasteiger partial charge in [0, 0.05) is 18.7 Å². The summed E-state index contributed by atoms with van der Waals surface area (Å²) >= 11 is 0. The van der Waals surface area contributed by atoms with Crippen molar-refractivity contribution in [1.29, 1.82) is 0 Å². The molecule has 0 aliphatic rings. The van der Waals surface area contributed by atoms with Crippen LogP contribution in [0.1, 0.15) is 37.4 Å². The first kappa shape index (κ1) is 15.2. The third-order valence-electron chi connectivity index (χ3n) is 2.63. The SMILES string of the molecule is CCCNCc1cc(COCCOCC)oc1C. The number of nitrogens with one attached hydrogen (secondary N) is 1. The van der Waals surface area contributed by atoms with E-state index in [4.69, 9.17) is 13.9 Å². The van der Waals surface area contributed by atoms with E-state index < -0.39 is 0 Å². The van der Waals surface area contributed by atoms with E-state index in [1.165, 1.54) is 5.56 Å². The summed E-state index contributed by atoms with van der Waals surface area (Å²) in [6.45, 7) is 10.5. The molecule has 18 heavy (non-hydrogen) atoms. The third kappa shape index (κ3) is 5.67. The van der Waals surface area contributed by atoms with Gasteiger partial charge in [0.2, 0.25) is 0 Å². The van der Waals surface area contributed by atoms with Gasteiger partial charge in [-0.15, -0.1) is 0 Å². The normalized spacial score (nSPS) is 11.1. The van der Waals surface area contributed by atoms with E-state index in [0.29, 0.717) is 19.8 Å². The average Bonchev–Trinajstić information content (AvgIpc) is 2.70. The maximum absolute atomic E-state index is 5.65. The highest BCUT2D eigenvalue weighted by Crippen LogP contribution is 2.15. The molecule has 1 aromatic rings. The molecule has 104 valence electrons.